The summed E-state index contributed by atoms with van der Waals surface area (Å²) < 4.78 is 6.04. The van der Waals surface area contributed by atoms with Gasteiger partial charge in [0, 0.05) is 44.5 Å². The Bertz CT molecular complexity index is 1110. The van der Waals surface area contributed by atoms with Crippen molar-refractivity contribution >= 4 is 17.6 Å². The molecule has 0 saturated carbocycles. The second-order valence-electron chi connectivity index (χ2n) is 12.9. The lowest BCUT2D eigenvalue weighted by molar-refractivity contribution is -0.135. The molecule has 43 heavy (non-hydrogen) atoms. The van der Waals surface area contributed by atoms with Gasteiger partial charge in [-0.05, 0) is 73.8 Å². The standard InChI is InChI=1S/C36H54N4O3/c1-5-29(4)34(37-36(42)39-22-11-6-7-12-23-39)35(41)38-24-20-32(21-25-38)40(26-19-28(2)3)31-15-17-33(18-16-31)43-27-30-13-9-8-10-14-30/h8-10,13-18,28-29,32,34H,5-7,11-12,19-27H2,1-4H3,(H,37,42). The summed E-state index contributed by atoms with van der Waals surface area (Å²) in [6, 6.07) is 18.6. The number of hydrogen-bond acceptors (Lipinski definition) is 4. The van der Waals surface area contributed by atoms with Gasteiger partial charge in [-0.2, -0.15) is 0 Å². The van der Waals surface area contributed by atoms with Crippen LogP contribution in [0, 0.1) is 11.8 Å². The molecule has 2 fully saturated rings. The van der Waals surface area contributed by atoms with E-state index in [0.717, 1.165) is 69.5 Å². The van der Waals surface area contributed by atoms with Crippen molar-refractivity contribution in [3.05, 3.63) is 60.2 Å². The Morgan fingerprint density at radius 2 is 1.53 bits per heavy atom. The fraction of sp³-hybridized carbons (Fsp3) is 0.611. The number of likely N-dealkylation sites (tertiary alicyclic amines) is 2. The molecule has 2 aromatic carbocycles. The number of anilines is 1. The molecule has 0 spiro atoms. The molecule has 2 atom stereocenters. The summed E-state index contributed by atoms with van der Waals surface area (Å²) in [5.74, 6) is 1.65. The van der Waals surface area contributed by atoms with Gasteiger partial charge in [0.05, 0.1) is 0 Å². The van der Waals surface area contributed by atoms with Crippen molar-refractivity contribution in [2.45, 2.75) is 97.8 Å². The summed E-state index contributed by atoms with van der Waals surface area (Å²) in [6.45, 7) is 13.3. The number of rotatable bonds is 12. The quantitative estimate of drug-likeness (QED) is 0.286. The Labute approximate surface area is 260 Å². The molecule has 1 N–H and O–H groups in total. The molecule has 0 bridgehead atoms. The molecule has 0 radical (unpaired) electrons. The average molecular weight is 591 g/mol. The summed E-state index contributed by atoms with van der Waals surface area (Å²) in [5.41, 5.74) is 2.36. The van der Waals surface area contributed by atoms with Crippen molar-refractivity contribution in [2.75, 3.05) is 37.6 Å². The molecule has 7 nitrogen and oxygen atoms in total. The molecule has 2 aromatic rings. The zero-order valence-electron chi connectivity index (χ0n) is 27.0. The molecule has 3 amide bonds. The first-order valence-corrected chi connectivity index (χ1v) is 16.7. The van der Waals surface area contributed by atoms with Crippen LogP contribution in [0.25, 0.3) is 0 Å². The van der Waals surface area contributed by atoms with E-state index in [4.69, 9.17) is 4.74 Å². The minimum absolute atomic E-state index is 0.0737. The maximum absolute atomic E-state index is 13.8. The van der Waals surface area contributed by atoms with Gasteiger partial charge in [0.1, 0.15) is 18.4 Å². The molecule has 2 unspecified atom stereocenters. The van der Waals surface area contributed by atoms with Crippen LogP contribution >= 0.6 is 0 Å². The van der Waals surface area contributed by atoms with Gasteiger partial charge < -0.3 is 24.8 Å². The van der Waals surface area contributed by atoms with Crippen LogP contribution in [0.5, 0.6) is 5.75 Å². The number of urea groups is 1. The Morgan fingerprint density at radius 1 is 0.884 bits per heavy atom. The number of hydrogen-bond donors (Lipinski definition) is 1. The lowest BCUT2D eigenvalue weighted by Crippen LogP contribution is -2.57. The highest BCUT2D eigenvalue weighted by molar-refractivity contribution is 5.87. The van der Waals surface area contributed by atoms with Gasteiger partial charge in [-0.3, -0.25) is 4.79 Å². The molecule has 2 aliphatic rings. The van der Waals surface area contributed by atoms with Crippen LogP contribution in [0.1, 0.15) is 84.6 Å². The topological polar surface area (TPSA) is 65.1 Å². The van der Waals surface area contributed by atoms with Crippen molar-refractivity contribution in [3.8, 4) is 5.75 Å². The highest BCUT2D eigenvalue weighted by Crippen LogP contribution is 2.28. The van der Waals surface area contributed by atoms with Gasteiger partial charge in [-0.15, -0.1) is 0 Å². The lowest BCUT2D eigenvalue weighted by Gasteiger charge is -2.41. The van der Waals surface area contributed by atoms with E-state index in [1.165, 1.54) is 18.5 Å². The van der Waals surface area contributed by atoms with Gasteiger partial charge in [0.2, 0.25) is 5.91 Å². The van der Waals surface area contributed by atoms with E-state index in [9.17, 15) is 9.59 Å². The molecule has 2 aliphatic heterocycles. The minimum Gasteiger partial charge on any atom is -0.489 e. The fourth-order valence-electron chi connectivity index (χ4n) is 6.17. The van der Waals surface area contributed by atoms with Crippen LogP contribution in [0.2, 0.25) is 0 Å². The van der Waals surface area contributed by atoms with Crippen LogP contribution in [-0.4, -0.2) is 66.5 Å². The van der Waals surface area contributed by atoms with Crippen LogP contribution in [-0.2, 0) is 11.4 Å². The van der Waals surface area contributed by atoms with Gasteiger partial charge in [-0.1, -0.05) is 77.3 Å². The Morgan fingerprint density at radius 3 is 2.14 bits per heavy atom. The van der Waals surface area contributed by atoms with Gasteiger partial charge in [-0.25, -0.2) is 4.79 Å². The van der Waals surface area contributed by atoms with Crippen molar-refractivity contribution in [3.63, 3.8) is 0 Å². The number of carbonyl (C=O) groups excluding carboxylic acids is 2. The monoisotopic (exact) mass is 590 g/mol. The predicted molar refractivity (Wildman–Crippen MR) is 175 cm³/mol. The van der Waals surface area contributed by atoms with E-state index in [2.05, 4.69) is 74.3 Å². The second kappa shape index (κ2) is 16.6. The Balaban J connectivity index is 1.37. The van der Waals surface area contributed by atoms with Crippen LogP contribution < -0.4 is 15.0 Å². The molecule has 4 rings (SSSR count). The third-order valence-corrected chi connectivity index (χ3v) is 9.23. The molecule has 236 valence electrons. The number of amides is 3. The van der Waals surface area contributed by atoms with Gasteiger partial charge >= 0.3 is 6.03 Å². The van der Waals surface area contributed by atoms with Gasteiger partial charge in [0.15, 0.2) is 0 Å². The van der Waals surface area contributed by atoms with Crippen LogP contribution in [0.3, 0.4) is 0 Å². The lowest BCUT2D eigenvalue weighted by atomic mass is 9.95. The highest BCUT2D eigenvalue weighted by atomic mass is 16.5. The largest absolute Gasteiger partial charge is 0.489 e. The predicted octanol–water partition coefficient (Wildman–Crippen LogP) is 7.11. The summed E-state index contributed by atoms with van der Waals surface area (Å²) in [4.78, 5) is 33.4. The van der Waals surface area contributed by atoms with E-state index in [-0.39, 0.29) is 17.9 Å². The molecule has 2 saturated heterocycles. The normalized spacial score (nSPS) is 17.7. The summed E-state index contributed by atoms with van der Waals surface area (Å²) in [6.07, 6.45) is 8.23. The first-order chi connectivity index (χ1) is 20.9. The van der Waals surface area contributed by atoms with E-state index >= 15 is 0 Å². The number of carbonyl (C=O) groups is 2. The summed E-state index contributed by atoms with van der Waals surface area (Å²) >= 11 is 0. The van der Waals surface area contributed by atoms with E-state index < -0.39 is 6.04 Å². The molecule has 0 aromatic heterocycles. The van der Waals surface area contributed by atoms with E-state index in [0.29, 0.717) is 31.7 Å². The highest BCUT2D eigenvalue weighted by Gasteiger charge is 2.34. The second-order valence-corrected chi connectivity index (χ2v) is 12.9. The first kappa shape index (κ1) is 32.7. The fourth-order valence-corrected chi connectivity index (χ4v) is 6.17. The summed E-state index contributed by atoms with van der Waals surface area (Å²) in [5, 5.41) is 3.15. The van der Waals surface area contributed by atoms with Crippen molar-refractivity contribution in [1.29, 1.82) is 0 Å². The van der Waals surface area contributed by atoms with Crippen molar-refractivity contribution in [1.82, 2.24) is 15.1 Å². The molecular formula is C36H54N4O3. The molecule has 2 heterocycles. The zero-order valence-corrected chi connectivity index (χ0v) is 27.0. The molecule has 0 aliphatic carbocycles. The average Bonchev–Trinajstić information content (AvgIpc) is 3.33. The zero-order chi connectivity index (χ0) is 30.6. The van der Waals surface area contributed by atoms with E-state index in [1.807, 2.05) is 28.0 Å². The Hall–Kier alpha value is -3.22. The third-order valence-electron chi connectivity index (χ3n) is 9.23. The number of benzene rings is 2. The van der Waals surface area contributed by atoms with Gasteiger partial charge in [0.25, 0.3) is 0 Å². The maximum atomic E-state index is 13.8. The Kier molecular flexibility index (Phi) is 12.6. The minimum atomic E-state index is -0.474. The number of piperidine rings is 1. The number of nitrogens with zero attached hydrogens (tertiary/aromatic N) is 3. The molecular weight excluding hydrogens is 536 g/mol. The van der Waals surface area contributed by atoms with Crippen LogP contribution in [0.4, 0.5) is 10.5 Å². The third kappa shape index (κ3) is 9.64. The maximum Gasteiger partial charge on any atom is 0.318 e. The number of nitrogens with one attached hydrogen (secondary N) is 1. The SMILES string of the molecule is CCC(C)C(NC(=O)N1CCCCCC1)C(=O)N1CCC(N(CCC(C)C)c2ccc(OCc3ccccc3)cc2)CC1. The number of ether oxygens (including phenoxy) is 1. The first-order valence-electron chi connectivity index (χ1n) is 16.7. The molecule has 7 heteroatoms. The smallest absolute Gasteiger partial charge is 0.318 e. The summed E-state index contributed by atoms with van der Waals surface area (Å²) in [7, 11) is 0. The van der Waals surface area contributed by atoms with E-state index in [1.54, 1.807) is 0 Å². The van der Waals surface area contributed by atoms with Crippen LogP contribution in [0.15, 0.2) is 54.6 Å². The van der Waals surface area contributed by atoms with Crippen molar-refractivity contribution in [2.24, 2.45) is 11.8 Å². The van der Waals surface area contributed by atoms with Crippen molar-refractivity contribution < 1.29 is 14.3 Å².